The van der Waals surface area contributed by atoms with Crippen LogP contribution in [0.4, 0.5) is 11.5 Å². The van der Waals surface area contributed by atoms with Gasteiger partial charge in [-0.2, -0.15) is 0 Å². The standard InChI is InChI=1S/C9H10ClN5O2/c1-15-6-7(10)12-3-13-8(6)11-2-5(9(15)17)14-4-16/h3-5H,2H2,1H3,(H,14,16)(H,11,12,13)/t5-/m0/s1. The summed E-state index contributed by atoms with van der Waals surface area (Å²) in [4.78, 5) is 31.6. The zero-order chi connectivity index (χ0) is 12.4. The SMILES string of the molecule is CN1C(=O)[C@@H](NC=O)CNc2ncnc(Cl)c21. The van der Waals surface area contributed by atoms with Crippen molar-refractivity contribution in [2.75, 3.05) is 23.8 Å². The van der Waals surface area contributed by atoms with Gasteiger partial charge in [-0.25, -0.2) is 9.97 Å². The largest absolute Gasteiger partial charge is 0.366 e. The summed E-state index contributed by atoms with van der Waals surface area (Å²) in [5.41, 5.74) is 0.411. The van der Waals surface area contributed by atoms with Crippen LogP contribution in [0.1, 0.15) is 0 Å². The molecule has 0 spiro atoms. The van der Waals surface area contributed by atoms with Gasteiger partial charge in [-0.15, -0.1) is 0 Å². The van der Waals surface area contributed by atoms with Gasteiger partial charge in [0.2, 0.25) is 6.41 Å². The average Bonchev–Trinajstić information content (AvgIpc) is 2.43. The molecule has 0 saturated heterocycles. The minimum atomic E-state index is -0.650. The summed E-state index contributed by atoms with van der Waals surface area (Å²) in [6, 6.07) is -0.650. The van der Waals surface area contributed by atoms with Crippen LogP contribution in [-0.4, -0.2) is 41.9 Å². The number of likely N-dealkylation sites (N-methyl/N-ethyl adjacent to an activating group) is 1. The molecule has 2 amide bonds. The highest BCUT2D eigenvalue weighted by Gasteiger charge is 2.30. The molecule has 0 radical (unpaired) electrons. The minimum absolute atomic E-state index is 0.185. The number of amides is 2. The first-order valence-electron chi connectivity index (χ1n) is 4.86. The third-order valence-corrected chi connectivity index (χ3v) is 2.76. The van der Waals surface area contributed by atoms with Crippen LogP contribution in [0.2, 0.25) is 5.15 Å². The predicted octanol–water partition coefficient (Wildman–Crippen LogP) is -0.367. The lowest BCUT2D eigenvalue weighted by molar-refractivity contribution is -0.122. The molecule has 0 unspecified atom stereocenters. The first kappa shape index (κ1) is 11.6. The number of carbonyl (C=O) groups is 2. The molecule has 1 aromatic rings. The Morgan fingerprint density at radius 3 is 3.12 bits per heavy atom. The summed E-state index contributed by atoms with van der Waals surface area (Å²) in [5.74, 6) is 0.191. The van der Waals surface area contributed by atoms with E-state index in [2.05, 4.69) is 20.6 Å². The summed E-state index contributed by atoms with van der Waals surface area (Å²) in [6.45, 7) is 0.252. The Kier molecular flexibility index (Phi) is 3.10. The van der Waals surface area contributed by atoms with E-state index in [4.69, 9.17) is 11.6 Å². The van der Waals surface area contributed by atoms with E-state index in [0.717, 1.165) is 0 Å². The van der Waals surface area contributed by atoms with E-state index in [1.54, 1.807) is 7.05 Å². The maximum atomic E-state index is 12.0. The van der Waals surface area contributed by atoms with Gasteiger partial charge in [-0.3, -0.25) is 9.59 Å². The Morgan fingerprint density at radius 1 is 1.65 bits per heavy atom. The van der Waals surface area contributed by atoms with Gasteiger partial charge >= 0.3 is 0 Å². The van der Waals surface area contributed by atoms with Crippen molar-refractivity contribution in [3.63, 3.8) is 0 Å². The third-order valence-electron chi connectivity index (χ3n) is 2.48. The number of anilines is 2. The number of carbonyl (C=O) groups excluding carboxylic acids is 2. The molecule has 8 heteroatoms. The summed E-state index contributed by atoms with van der Waals surface area (Å²) >= 11 is 5.92. The maximum Gasteiger partial charge on any atom is 0.251 e. The zero-order valence-corrected chi connectivity index (χ0v) is 9.73. The van der Waals surface area contributed by atoms with Gasteiger partial charge < -0.3 is 15.5 Å². The quantitative estimate of drug-likeness (QED) is 0.556. The van der Waals surface area contributed by atoms with Crippen molar-refractivity contribution < 1.29 is 9.59 Å². The molecule has 7 nitrogen and oxygen atoms in total. The molecule has 90 valence electrons. The van der Waals surface area contributed by atoms with E-state index in [1.165, 1.54) is 11.2 Å². The second-order valence-corrected chi connectivity index (χ2v) is 3.83. The maximum absolute atomic E-state index is 12.0. The number of fused-ring (bicyclic) bond motifs is 1. The number of halogens is 1. The molecule has 1 aliphatic rings. The third kappa shape index (κ3) is 2.01. The molecular weight excluding hydrogens is 246 g/mol. The van der Waals surface area contributed by atoms with Gasteiger partial charge in [-0.1, -0.05) is 11.6 Å². The lowest BCUT2D eigenvalue weighted by Gasteiger charge is -2.19. The number of hydrogen-bond donors (Lipinski definition) is 2. The molecule has 0 saturated carbocycles. The molecule has 0 aromatic carbocycles. The molecule has 2 rings (SSSR count). The average molecular weight is 256 g/mol. The van der Waals surface area contributed by atoms with Crippen molar-refractivity contribution in [2.45, 2.75) is 6.04 Å². The predicted molar refractivity (Wildman–Crippen MR) is 61.9 cm³/mol. The molecule has 0 bridgehead atoms. The molecule has 2 N–H and O–H groups in total. The van der Waals surface area contributed by atoms with Crippen LogP contribution < -0.4 is 15.5 Å². The second-order valence-electron chi connectivity index (χ2n) is 3.48. The van der Waals surface area contributed by atoms with Crippen molar-refractivity contribution in [3.8, 4) is 0 Å². The molecule has 17 heavy (non-hydrogen) atoms. The van der Waals surface area contributed by atoms with E-state index in [1.807, 2.05) is 0 Å². The van der Waals surface area contributed by atoms with E-state index < -0.39 is 6.04 Å². The van der Waals surface area contributed by atoms with Gasteiger partial charge in [0.1, 0.15) is 18.1 Å². The monoisotopic (exact) mass is 255 g/mol. The fourth-order valence-corrected chi connectivity index (χ4v) is 1.89. The van der Waals surface area contributed by atoms with Crippen molar-refractivity contribution in [3.05, 3.63) is 11.5 Å². The fourth-order valence-electron chi connectivity index (χ4n) is 1.63. The van der Waals surface area contributed by atoms with E-state index >= 15 is 0 Å². The Hall–Kier alpha value is -1.89. The highest BCUT2D eigenvalue weighted by atomic mass is 35.5. The topological polar surface area (TPSA) is 87.2 Å². The Morgan fingerprint density at radius 2 is 2.41 bits per heavy atom. The Labute approximate surface area is 102 Å². The molecule has 1 atom stereocenters. The van der Waals surface area contributed by atoms with E-state index in [9.17, 15) is 9.59 Å². The van der Waals surface area contributed by atoms with Gasteiger partial charge in [0.15, 0.2) is 11.0 Å². The minimum Gasteiger partial charge on any atom is -0.366 e. The highest BCUT2D eigenvalue weighted by molar-refractivity contribution is 6.33. The van der Waals surface area contributed by atoms with Crippen LogP contribution in [-0.2, 0) is 9.59 Å². The lowest BCUT2D eigenvalue weighted by Crippen LogP contribution is -2.46. The second kappa shape index (κ2) is 4.54. The molecule has 0 aliphatic carbocycles. The zero-order valence-electron chi connectivity index (χ0n) is 8.98. The van der Waals surface area contributed by atoms with E-state index in [0.29, 0.717) is 17.9 Å². The summed E-state index contributed by atoms with van der Waals surface area (Å²) < 4.78 is 0. The first-order chi connectivity index (χ1) is 8.15. The van der Waals surface area contributed by atoms with Gasteiger partial charge in [-0.05, 0) is 0 Å². The molecule has 2 heterocycles. The highest BCUT2D eigenvalue weighted by Crippen LogP contribution is 2.31. The van der Waals surface area contributed by atoms with Crippen LogP contribution in [0.15, 0.2) is 6.33 Å². The van der Waals surface area contributed by atoms with Crippen molar-refractivity contribution in [1.82, 2.24) is 15.3 Å². The molecule has 1 aromatic heterocycles. The molecular formula is C9H10ClN5O2. The number of aromatic nitrogens is 2. The number of hydrogen-bond acceptors (Lipinski definition) is 5. The number of nitrogens with one attached hydrogen (secondary N) is 2. The summed E-state index contributed by atoms with van der Waals surface area (Å²) in [7, 11) is 1.56. The number of rotatable bonds is 2. The van der Waals surface area contributed by atoms with Crippen molar-refractivity contribution >= 4 is 35.4 Å². The lowest BCUT2D eigenvalue weighted by atomic mass is 10.2. The van der Waals surface area contributed by atoms with Crippen LogP contribution >= 0.6 is 11.6 Å². The van der Waals surface area contributed by atoms with Crippen LogP contribution in [0.25, 0.3) is 0 Å². The smallest absolute Gasteiger partial charge is 0.251 e. The normalized spacial score (nSPS) is 19.1. The van der Waals surface area contributed by atoms with Crippen LogP contribution in [0.5, 0.6) is 0 Å². The molecule has 1 aliphatic heterocycles. The number of nitrogens with zero attached hydrogens (tertiary/aromatic N) is 3. The Balaban J connectivity index is 2.41. The Bertz CT molecular complexity index is 467. The van der Waals surface area contributed by atoms with Crippen molar-refractivity contribution in [1.29, 1.82) is 0 Å². The van der Waals surface area contributed by atoms with Gasteiger partial charge in [0.05, 0.1) is 0 Å². The van der Waals surface area contributed by atoms with E-state index in [-0.39, 0.29) is 17.6 Å². The fraction of sp³-hybridized carbons (Fsp3) is 0.333. The summed E-state index contributed by atoms with van der Waals surface area (Å²) in [6.07, 6.45) is 1.79. The van der Waals surface area contributed by atoms with Crippen molar-refractivity contribution in [2.24, 2.45) is 0 Å². The van der Waals surface area contributed by atoms with Gasteiger partial charge in [0, 0.05) is 13.6 Å². The summed E-state index contributed by atoms with van der Waals surface area (Å²) in [5, 5.41) is 5.56. The van der Waals surface area contributed by atoms with Crippen LogP contribution in [0, 0.1) is 0 Å². The first-order valence-corrected chi connectivity index (χ1v) is 5.24. The molecule has 0 fully saturated rings. The van der Waals surface area contributed by atoms with Crippen LogP contribution in [0.3, 0.4) is 0 Å². The van der Waals surface area contributed by atoms with Gasteiger partial charge in [0.25, 0.3) is 5.91 Å².